The third kappa shape index (κ3) is 2.01. The summed E-state index contributed by atoms with van der Waals surface area (Å²) in [6.45, 7) is 1.49. The summed E-state index contributed by atoms with van der Waals surface area (Å²) < 4.78 is 0. The van der Waals surface area contributed by atoms with E-state index in [0.29, 0.717) is 18.4 Å². The molecule has 1 aromatic heterocycles. The van der Waals surface area contributed by atoms with E-state index in [1.807, 2.05) is 7.05 Å². The van der Waals surface area contributed by atoms with Crippen molar-refractivity contribution in [3.63, 3.8) is 0 Å². The summed E-state index contributed by atoms with van der Waals surface area (Å²) in [5.41, 5.74) is 0. The van der Waals surface area contributed by atoms with Crippen molar-refractivity contribution in [3.05, 3.63) is 12.2 Å². The largest absolute Gasteiger partial charge is 0.337 e. The Labute approximate surface area is 106 Å². The number of carbonyl (C=O) groups excluding carboxylic acids is 1. The van der Waals surface area contributed by atoms with Gasteiger partial charge in [-0.25, -0.2) is 4.98 Å². The maximum absolute atomic E-state index is 12.4. The minimum absolute atomic E-state index is 0.00502. The molecule has 1 aliphatic heterocycles. The number of likely N-dealkylation sites (N-methyl/N-ethyl adjacent to an activating group) is 1. The Morgan fingerprint density at radius 2 is 2.44 bits per heavy atom. The molecule has 1 aromatic rings. The van der Waals surface area contributed by atoms with Crippen molar-refractivity contribution in [3.8, 4) is 0 Å². The van der Waals surface area contributed by atoms with Crippen LogP contribution in [-0.2, 0) is 11.3 Å². The van der Waals surface area contributed by atoms with E-state index in [1.54, 1.807) is 4.90 Å². The minimum atomic E-state index is 0.00502. The van der Waals surface area contributed by atoms with E-state index < -0.39 is 0 Å². The third-order valence-corrected chi connectivity index (χ3v) is 4.24. The fourth-order valence-electron chi connectivity index (χ4n) is 3.30. The highest BCUT2D eigenvalue weighted by molar-refractivity contribution is 5.82. The quantitative estimate of drug-likeness (QED) is 0.800. The van der Waals surface area contributed by atoms with Crippen LogP contribution in [0.15, 0.2) is 6.33 Å². The lowest BCUT2D eigenvalue weighted by Gasteiger charge is -2.23. The molecule has 6 heteroatoms. The summed E-state index contributed by atoms with van der Waals surface area (Å²) in [6.07, 6.45) is 5.19. The van der Waals surface area contributed by atoms with Gasteiger partial charge in [0.25, 0.3) is 0 Å². The Bertz CT molecular complexity index is 418. The molecule has 1 amide bonds. The van der Waals surface area contributed by atoms with Gasteiger partial charge in [0, 0.05) is 7.05 Å². The molecule has 18 heavy (non-hydrogen) atoms. The SMILES string of the molecule is CN(Cc1ncn[nH]1)C(=O)C1NCC2CCCC21. The van der Waals surface area contributed by atoms with Gasteiger partial charge in [-0.3, -0.25) is 9.89 Å². The van der Waals surface area contributed by atoms with Crippen molar-refractivity contribution in [1.82, 2.24) is 25.4 Å². The monoisotopic (exact) mass is 249 g/mol. The number of aromatic nitrogens is 3. The predicted molar refractivity (Wildman–Crippen MR) is 65.5 cm³/mol. The van der Waals surface area contributed by atoms with E-state index in [2.05, 4.69) is 20.5 Å². The smallest absolute Gasteiger partial charge is 0.240 e. The Kier molecular flexibility index (Phi) is 3.03. The summed E-state index contributed by atoms with van der Waals surface area (Å²) in [4.78, 5) is 18.2. The minimum Gasteiger partial charge on any atom is -0.337 e. The van der Waals surface area contributed by atoms with Crippen LogP contribution in [0.1, 0.15) is 25.1 Å². The van der Waals surface area contributed by atoms with Gasteiger partial charge < -0.3 is 10.2 Å². The lowest BCUT2D eigenvalue weighted by molar-refractivity contribution is -0.133. The first-order valence-corrected chi connectivity index (χ1v) is 6.58. The molecule has 3 atom stereocenters. The lowest BCUT2D eigenvalue weighted by Crippen LogP contribution is -2.44. The zero-order valence-electron chi connectivity index (χ0n) is 10.6. The summed E-state index contributed by atoms with van der Waals surface area (Å²) >= 11 is 0. The van der Waals surface area contributed by atoms with Crippen molar-refractivity contribution in [2.45, 2.75) is 31.8 Å². The normalized spacial score (nSPS) is 30.4. The average Bonchev–Trinajstić information content (AvgIpc) is 3.04. The molecular weight excluding hydrogens is 230 g/mol. The highest BCUT2D eigenvalue weighted by atomic mass is 16.2. The highest BCUT2D eigenvalue weighted by Crippen LogP contribution is 2.38. The van der Waals surface area contributed by atoms with E-state index in [4.69, 9.17) is 0 Å². The topological polar surface area (TPSA) is 73.9 Å². The van der Waals surface area contributed by atoms with Crippen molar-refractivity contribution in [2.24, 2.45) is 11.8 Å². The summed E-state index contributed by atoms with van der Waals surface area (Å²) in [5, 5.41) is 9.96. The summed E-state index contributed by atoms with van der Waals surface area (Å²) in [6, 6.07) is 0.00502. The second kappa shape index (κ2) is 4.68. The number of carbonyl (C=O) groups is 1. The second-order valence-electron chi connectivity index (χ2n) is 5.37. The molecule has 0 radical (unpaired) electrons. The van der Waals surface area contributed by atoms with Crippen LogP contribution in [0.3, 0.4) is 0 Å². The lowest BCUT2D eigenvalue weighted by atomic mass is 9.93. The summed E-state index contributed by atoms with van der Waals surface area (Å²) in [7, 11) is 1.83. The first-order valence-electron chi connectivity index (χ1n) is 6.58. The molecule has 2 N–H and O–H groups in total. The van der Waals surface area contributed by atoms with E-state index in [0.717, 1.165) is 12.4 Å². The van der Waals surface area contributed by atoms with Gasteiger partial charge in [-0.05, 0) is 31.2 Å². The van der Waals surface area contributed by atoms with Crippen LogP contribution in [0.25, 0.3) is 0 Å². The molecule has 6 nitrogen and oxygen atoms in total. The van der Waals surface area contributed by atoms with Crippen molar-refractivity contribution < 1.29 is 4.79 Å². The predicted octanol–water partition coefficient (Wildman–Crippen LogP) is 0.151. The Hall–Kier alpha value is -1.43. The van der Waals surface area contributed by atoms with Crippen LogP contribution >= 0.6 is 0 Å². The Morgan fingerprint density at radius 3 is 3.22 bits per heavy atom. The highest BCUT2D eigenvalue weighted by Gasteiger charge is 2.43. The number of nitrogens with one attached hydrogen (secondary N) is 2. The van der Waals surface area contributed by atoms with Gasteiger partial charge in [-0.2, -0.15) is 5.10 Å². The van der Waals surface area contributed by atoms with Gasteiger partial charge in [0.15, 0.2) is 0 Å². The summed E-state index contributed by atoms with van der Waals surface area (Å²) in [5.74, 6) is 2.15. The van der Waals surface area contributed by atoms with Crippen LogP contribution < -0.4 is 5.32 Å². The van der Waals surface area contributed by atoms with Crippen molar-refractivity contribution >= 4 is 5.91 Å². The average molecular weight is 249 g/mol. The molecule has 2 heterocycles. The third-order valence-electron chi connectivity index (χ3n) is 4.24. The van der Waals surface area contributed by atoms with Gasteiger partial charge in [-0.1, -0.05) is 6.42 Å². The first-order chi connectivity index (χ1) is 8.75. The van der Waals surface area contributed by atoms with E-state index in [-0.39, 0.29) is 11.9 Å². The van der Waals surface area contributed by atoms with Crippen LogP contribution in [-0.4, -0.2) is 45.6 Å². The maximum atomic E-state index is 12.4. The molecule has 1 aliphatic carbocycles. The second-order valence-corrected chi connectivity index (χ2v) is 5.37. The van der Waals surface area contributed by atoms with Gasteiger partial charge in [0.1, 0.15) is 12.2 Å². The molecule has 1 saturated carbocycles. The number of amides is 1. The van der Waals surface area contributed by atoms with Crippen LogP contribution in [0, 0.1) is 11.8 Å². The van der Waals surface area contributed by atoms with Gasteiger partial charge >= 0.3 is 0 Å². The number of fused-ring (bicyclic) bond motifs is 1. The van der Waals surface area contributed by atoms with Crippen LogP contribution in [0.2, 0.25) is 0 Å². The van der Waals surface area contributed by atoms with E-state index >= 15 is 0 Å². The molecule has 3 rings (SSSR count). The fourth-order valence-corrected chi connectivity index (χ4v) is 3.30. The molecule has 3 unspecified atom stereocenters. The van der Waals surface area contributed by atoms with Gasteiger partial charge in [-0.15, -0.1) is 0 Å². The molecule has 1 saturated heterocycles. The van der Waals surface area contributed by atoms with Crippen LogP contribution in [0.5, 0.6) is 0 Å². The van der Waals surface area contributed by atoms with Gasteiger partial charge in [0.2, 0.25) is 5.91 Å². The van der Waals surface area contributed by atoms with Crippen LogP contribution in [0.4, 0.5) is 0 Å². The van der Waals surface area contributed by atoms with E-state index in [1.165, 1.54) is 25.6 Å². The molecule has 98 valence electrons. The number of nitrogens with zero attached hydrogens (tertiary/aromatic N) is 3. The number of H-pyrrole nitrogens is 1. The fraction of sp³-hybridized carbons (Fsp3) is 0.750. The van der Waals surface area contributed by atoms with E-state index in [9.17, 15) is 4.79 Å². The molecule has 2 fully saturated rings. The number of hydrogen-bond donors (Lipinski definition) is 2. The maximum Gasteiger partial charge on any atom is 0.240 e. The molecule has 2 aliphatic rings. The first kappa shape index (κ1) is 11.6. The number of hydrogen-bond acceptors (Lipinski definition) is 4. The zero-order chi connectivity index (χ0) is 12.5. The Balaban J connectivity index is 1.63. The van der Waals surface area contributed by atoms with Gasteiger partial charge in [0.05, 0.1) is 12.6 Å². The molecule has 0 spiro atoms. The molecular formula is C12H19N5O. The van der Waals surface area contributed by atoms with Crippen molar-refractivity contribution in [2.75, 3.05) is 13.6 Å². The molecule has 0 aromatic carbocycles. The number of aromatic amines is 1. The standard InChI is InChI=1S/C12H19N5O/c1-17(6-10-14-7-15-16-10)12(18)11-9-4-2-3-8(9)5-13-11/h7-9,11,13H,2-6H2,1H3,(H,14,15,16). The molecule has 0 bridgehead atoms. The zero-order valence-corrected chi connectivity index (χ0v) is 10.6. The Morgan fingerprint density at radius 1 is 1.56 bits per heavy atom. The number of rotatable bonds is 3. The van der Waals surface area contributed by atoms with Crippen molar-refractivity contribution in [1.29, 1.82) is 0 Å².